The number of aromatic nitrogens is 2. The Hall–Kier alpha value is -1.90. The van der Waals surface area contributed by atoms with Gasteiger partial charge in [0.05, 0.1) is 0 Å². The van der Waals surface area contributed by atoms with E-state index in [2.05, 4.69) is 45.2 Å². The van der Waals surface area contributed by atoms with Crippen LogP contribution in [-0.2, 0) is 6.54 Å². The van der Waals surface area contributed by atoms with Gasteiger partial charge in [-0.05, 0) is 38.3 Å². The van der Waals surface area contributed by atoms with E-state index in [0.29, 0.717) is 6.04 Å². The van der Waals surface area contributed by atoms with Crippen molar-refractivity contribution in [2.75, 3.05) is 4.90 Å². The standard InChI is InChI=1S/C16H19N3/c1-12-10-13(2)18-16(17-12)19(15-8-9-15)11-14-6-4-3-5-7-14/h3-7,10,15H,8-9,11H2,1-2H3. The molecule has 1 fully saturated rings. The number of hydrogen-bond donors (Lipinski definition) is 0. The molecule has 0 radical (unpaired) electrons. The number of anilines is 1. The summed E-state index contributed by atoms with van der Waals surface area (Å²) in [6.07, 6.45) is 2.51. The number of hydrogen-bond acceptors (Lipinski definition) is 3. The molecule has 0 saturated heterocycles. The molecule has 19 heavy (non-hydrogen) atoms. The van der Waals surface area contributed by atoms with Crippen molar-refractivity contribution in [1.82, 2.24) is 9.97 Å². The highest BCUT2D eigenvalue weighted by atomic mass is 15.3. The molecule has 0 aliphatic heterocycles. The van der Waals surface area contributed by atoms with Gasteiger partial charge in [0.25, 0.3) is 0 Å². The normalized spacial score (nSPS) is 14.4. The molecule has 0 amide bonds. The lowest BCUT2D eigenvalue weighted by Gasteiger charge is -2.23. The molecule has 2 aromatic rings. The Labute approximate surface area is 114 Å². The van der Waals surface area contributed by atoms with Gasteiger partial charge in [0.2, 0.25) is 5.95 Å². The van der Waals surface area contributed by atoms with Gasteiger partial charge in [0.1, 0.15) is 0 Å². The van der Waals surface area contributed by atoms with Crippen molar-refractivity contribution in [3.05, 3.63) is 53.3 Å². The minimum Gasteiger partial charge on any atom is -0.334 e. The first-order chi connectivity index (χ1) is 9.22. The number of nitrogens with zero attached hydrogens (tertiary/aromatic N) is 3. The summed E-state index contributed by atoms with van der Waals surface area (Å²) in [4.78, 5) is 11.6. The van der Waals surface area contributed by atoms with E-state index in [-0.39, 0.29) is 0 Å². The quantitative estimate of drug-likeness (QED) is 0.837. The topological polar surface area (TPSA) is 29.0 Å². The lowest BCUT2D eigenvalue weighted by Crippen LogP contribution is -2.27. The van der Waals surface area contributed by atoms with Gasteiger partial charge in [-0.15, -0.1) is 0 Å². The molecule has 1 saturated carbocycles. The maximum Gasteiger partial charge on any atom is 0.226 e. The predicted molar refractivity (Wildman–Crippen MR) is 77.2 cm³/mol. The monoisotopic (exact) mass is 253 g/mol. The second-order valence-corrected chi connectivity index (χ2v) is 5.30. The third-order valence-corrected chi connectivity index (χ3v) is 3.41. The van der Waals surface area contributed by atoms with E-state index in [1.807, 2.05) is 19.9 Å². The summed E-state index contributed by atoms with van der Waals surface area (Å²) in [7, 11) is 0. The van der Waals surface area contributed by atoms with E-state index >= 15 is 0 Å². The molecule has 1 aliphatic rings. The van der Waals surface area contributed by atoms with Crippen LogP contribution in [0, 0.1) is 13.8 Å². The van der Waals surface area contributed by atoms with Gasteiger partial charge in [-0.3, -0.25) is 0 Å². The lowest BCUT2D eigenvalue weighted by atomic mass is 10.2. The minimum absolute atomic E-state index is 0.612. The van der Waals surface area contributed by atoms with Crippen LogP contribution >= 0.6 is 0 Å². The number of rotatable bonds is 4. The Morgan fingerprint density at radius 2 is 1.68 bits per heavy atom. The van der Waals surface area contributed by atoms with Crippen molar-refractivity contribution in [2.24, 2.45) is 0 Å². The Morgan fingerprint density at radius 3 is 2.26 bits per heavy atom. The Kier molecular flexibility index (Phi) is 3.20. The zero-order valence-electron chi connectivity index (χ0n) is 11.5. The maximum atomic E-state index is 4.61. The molecule has 0 spiro atoms. The van der Waals surface area contributed by atoms with Gasteiger partial charge in [0, 0.05) is 24.0 Å². The van der Waals surface area contributed by atoms with E-state index in [0.717, 1.165) is 23.9 Å². The van der Waals surface area contributed by atoms with Gasteiger partial charge in [-0.1, -0.05) is 30.3 Å². The third kappa shape index (κ3) is 2.92. The van der Waals surface area contributed by atoms with Crippen LogP contribution in [0.1, 0.15) is 29.8 Å². The first-order valence-electron chi connectivity index (χ1n) is 6.85. The first-order valence-corrected chi connectivity index (χ1v) is 6.85. The number of aryl methyl sites for hydroxylation is 2. The molecule has 98 valence electrons. The second kappa shape index (κ2) is 5.00. The Morgan fingerprint density at radius 1 is 1.05 bits per heavy atom. The van der Waals surface area contributed by atoms with Crippen LogP contribution in [0.25, 0.3) is 0 Å². The van der Waals surface area contributed by atoms with Crippen molar-refractivity contribution in [3.8, 4) is 0 Å². The summed E-state index contributed by atoms with van der Waals surface area (Å²) < 4.78 is 0. The van der Waals surface area contributed by atoms with E-state index in [4.69, 9.17) is 0 Å². The zero-order chi connectivity index (χ0) is 13.2. The summed E-state index contributed by atoms with van der Waals surface area (Å²) in [5.41, 5.74) is 3.40. The van der Waals surface area contributed by atoms with Gasteiger partial charge < -0.3 is 4.90 Å². The van der Waals surface area contributed by atoms with Gasteiger partial charge in [-0.25, -0.2) is 9.97 Å². The largest absolute Gasteiger partial charge is 0.334 e. The molecule has 1 heterocycles. The fourth-order valence-electron chi connectivity index (χ4n) is 2.37. The fraction of sp³-hybridized carbons (Fsp3) is 0.375. The van der Waals surface area contributed by atoms with Crippen LogP contribution in [0.5, 0.6) is 0 Å². The molecule has 0 bridgehead atoms. The SMILES string of the molecule is Cc1cc(C)nc(N(Cc2ccccc2)C2CC2)n1. The van der Waals surface area contributed by atoms with Crippen molar-refractivity contribution >= 4 is 5.95 Å². The molecule has 1 aromatic heterocycles. The summed E-state index contributed by atoms with van der Waals surface area (Å²) in [6.45, 7) is 4.96. The molecule has 0 unspecified atom stereocenters. The molecule has 3 nitrogen and oxygen atoms in total. The van der Waals surface area contributed by atoms with Crippen LogP contribution in [0.3, 0.4) is 0 Å². The van der Waals surface area contributed by atoms with Crippen molar-refractivity contribution in [1.29, 1.82) is 0 Å². The van der Waals surface area contributed by atoms with E-state index in [1.165, 1.54) is 18.4 Å². The van der Waals surface area contributed by atoms with E-state index in [9.17, 15) is 0 Å². The second-order valence-electron chi connectivity index (χ2n) is 5.30. The lowest BCUT2D eigenvalue weighted by molar-refractivity contribution is 0.752. The molecule has 3 rings (SSSR count). The van der Waals surface area contributed by atoms with Crippen molar-refractivity contribution < 1.29 is 0 Å². The molecular weight excluding hydrogens is 234 g/mol. The summed E-state index contributed by atoms with van der Waals surface area (Å²) in [5.74, 6) is 0.879. The van der Waals surface area contributed by atoms with Gasteiger partial charge in [-0.2, -0.15) is 0 Å². The average Bonchev–Trinajstić information content (AvgIpc) is 3.20. The van der Waals surface area contributed by atoms with E-state index in [1.54, 1.807) is 0 Å². The number of benzene rings is 1. The highest BCUT2D eigenvalue weighted by Crippen LogP contribution is 2.31. The Bertz CT molecular complexity index is 541. The van der Waals surface area contributed by atoms with E-state index < -0.39 is 0 Å². The van der Waals surface area contributed by atoms with Gasteiger partial charge >= 0.3 is 0 Å². The maximum absolute atomic E-state index is 4.61. The highest BCUT2D eigenvalue weighted by Gasteiger charge is 2.31. The highest BCUT2D eigenvalue weighted by molar-refractivity contribution is 5.37. The molecule has 1 aromatic carbocycles. The zero-order valence-corrected chi connectivity index (χ0v) is 11.5. The van der Waals surface area contributed by atoms with Crippen LogP contribution in [-0.4, -0.2) is 16.0 Å². The molecule has 3 heteroatoms. The van der Waals surface area contributed by atoms with Crippen LogP contribution in [0.2, 0.25) is 0 Å². The molecule has 0 atom stereocenters. The van der Waals surface area contributed by atoms with Crippen LogP contribution < -0.4 is 4.90 Å². The summed E-state index contributed by atoms with van der Waals surface area (Å²) in [6, 6.07) is 13.2. The molecular formula is C16H19N3. The average molecular weight is 253 g/mol. The smallest absolute Gasteiger partial charge is 0.226 e. The predicted octanol–water partition coefficient (Wildman–Crippen LogP) is 3.26. The van der Waals surface area contributed by atoms with Crippen molar-refractivity contribution in [2.45, 2.75) is 39.3 Å². The molecule has 0 N–H and O–H groups in total. The van der Waals surface area contributed by atoms with Crippen LogP contribution in [0.15, 0.2) is 36.4 Å². The van der Waals surface area contributed by atoms with Crippen molar-refractivity contribution in [3.63, 3.8) is 0 Å². The minimum atomic E-state index is 0.612. The first kappa shape index (κ1) is 12.2. The Balaban J connectivity index is 1.88. The summed E-state index contributed by atoms with van der Waals surface area (Å²) in [5, 5.41) is 0. The summed E-state index contributed by atoms with van der Waals surface area (Å²) >= 11 is 0. The van der Waals surface area contributed by atoms with Gasteiger partial charge in [0.15, 0.2) is 0 Å². The molecule has 1 aliphatic carbocycles. The fourth-order valence-corrected chi connectivity index (χ4v) is 2.37. The van der Waals surface area contributed by atoms with Crippen LogP contribution in [0.4, 0.5) is 5.95 Å². The third-order valence-electron chi connectivity index (χ3n) is 3.41.